The number of hydrogen-bond donors (Lipinski definition) is 2. The summed E-state index contributed by atoms with van der Waals surface area (Å²) < 4.78 is 0. The zero-order valence-corrected chi connectivity index (χ0v) is 16.4. The van der Waals surface area contributed by atoms with E-state index in [0.717, 1.165) is 11.3 Å². The predicted molar refractivity (Wildman–Crippen MR) is 125 cm³/mol. The van der Waals surface area contributed by atoms with Crippen molar-refractivity contribution in [3.63, 3.8) is 0 Å². The number of nitrogens with two attached hydrogens (primary N) is 2. The summed E-state index contributed by atoms with van der Waals surface area (Å²) in [5.41, 5.74) is 17.6. The van der Waals surface area contributed by atoms with Crippen LogP contribution in [0.3, 0.4) is 0 Å². The molecule has 0 radical (unpaired) electrons. The molecule has 0 aliphatic carbocycles. The van der Waals surface area contributed by atoms with Crippen LogP contribution >= 0.6 is 0 Å². The van der Waals surface area contributed by atoms with Crippen molar-refractivity contribution in [1.82, 2.24) is 0 Å². The van der Waals surface area contributed by atoms with Crippen LogP contribution in [0, 0.1) is 0 Å². The molecule has 0 spiro atoms. The summed E-state index contributed by atoms with van der Waals surface area (Å²) in [4.78, 5) is 0. The Labute approximate surface area is 173 Å². The Bertz CT molecular complexity index is 965. The van der Waals surface area contributed by atoms with E-state index in [4.69, 9.17) is 11.5 Å². The lowest BCUT2D eigenvalue weighted by atomic mass is 9.96. The lowest BCUT2D eigenvalue weighted by Crippen LogP contribution is -1.95. The minimum atomic E-state index is 0.584. The second-order valence-electron chi connectivity index (χ2n) is 6.65. The van der Waals surface area contributed by atoms with Gasteiger partial charge >= 0.3 is 0 Å². The molecule has 0 unspecified atom stereocenters. The van der Waals surface area contributed by atoms with Gasteiger partial charge in [0.05, 0.1) is 0 Å². The van der Waals surface area contributed by atoms with Gasteiger partial charge in [0.2, 0.25) is 0 Å². The minimum absolute atomic E-state index is 0.584. The number of rotatable bonds is 4. The van der Waals surface area contributed by atoms with Crippen molar-refractivity contribution in [2.24, 2.45) is 5.73 Å². The molecule has 0 saturated carbocycles. The van der Waals surface area contributed by atoms with Gasteiger partial charge in [0, 0.05) is 12.2 Å². The molecule has 144 valence electrons. The van der Waals surface area contributed by atoms with Crippen LogP contribution in [-0.4, -0.2) is 0 Å². The monoisotopic (exact) mass is 378 g/mol. The van der Waals surface area contributed by atoms with Crippen LogP contribution < -0.4 is 11.5 Å². The molecule has 0 atom stereocenters. The summed E-state index contributed by atoms with van der Waals surface area (Å²) in [6, 6.07) is 39.0. The molecule has 0 fully saturated rings. The van der Waals surface area contributed by atoms with Gasteiger partial charge < -0.3 is 11.5 Å². The standard InChI is InChI=1S/C20H16.C7H10N2/c1-4-10-17(11-5-1)16-20(18-12-6-2-7-13-18)19-14-8-3-9-15-19;8-5-6-1-3-7(9)4-2-6/h1-16H;1-4H,5,8-9H2. The first kappa shape index (κ1) is 20.1. The summed E-state index contributed by atoms with van der Waals surface area (Å²) in [5.74, 6) is 0. The number of benzene rings is 4. The Kier molecular flexibility index (Phi) is 7.39. The van der Waals surface area contributed by atoms with Crippen LogP contribution in [0.2, 0.25) is 0 Å². The maximum absolute atomic E-state index is 5.44. The van der Waals surface area contributed by atoms with E-state index < -0.39 is 0 Å². The van der Waals surface area contributed by atoms with Gasteiger partial charge in [-0.25, -0.2) is 0 Å². The lowest BCUT2D eigenvalue weighted by molar-refractivity contribution is 1.07. The fourth-order valence-corrected chi connectivity index (χ4v) is 2.94. The Balaban J connectivity index is 0.000000224. The average Bonchev–Trinajstić information content (AvgIpc) is 2.80. The quantitative estimate of drug-likeness (QED) is 0.338. The summed E-state index contributed by atoms with van der Waals surface area (Å²) in [6.07, 6.45) is 2.24. The molecule has 0 saturated heterocycles. The van der Waals surface area contributed by atoms with Crippen molar-refractivity contribution in [3.8, 4) is 0 Å². The van der Waals surface area contributed by atoms with Gasteiger partial charge in [-0.05, 0) is 46.0 Å². The Morgan fingerprint density at radius 3 is 1.48 bits per heavy atom. The highest BCUT2D eigenvalue weighted by molar-refractivity contribution is 5.91. The fourth-order valence-electron chi connectivity index (χ4n) is 2.94. The molecule has 4 N–H and O–H groups in total. The Hall–Kier alpha value is -3.62. The molecule has 0 aromatic heterocycles. The smallest absolute Gasteiger partial charge is 0.0314 e. The number of hydrogen-bond acceptors (Lipinski definition) is 2. The summed E-state index contributed by atoms with van der Waals surface area (Å²) >= 11 is 0. The van der Waals surface area contributed by atoms with Crippen molar-refractivity contribution >= 4 is 17.3 Å². The van der Waals surface area contributed by atoms with Crippen LogP contribution in [0.25, 0.3) is 11.6 Å². The van der Waals surface area contributed by atoms with E-state index in [-0.39, 0.29) is 0 Å². The van der Waals surface area contributed by atoms with E-state index in [1.54, 1.807) is 0 Å². The molecule has 0 amide bonds. The molecule has 29 heavy (non-hydrogen) atoms. The molecule has 0 heterocycles. The maximum atomic E-state index is 5.44. The zero-order chi connectivity index (χ0) is 20.3. The van der Waals surface area contributed by atoms with Crippen molar-refractivity contribution in [1.29, 1.82) is 0 Å². The second-order valence-corrected chi connectivity index (χ2v) is 6.65. The summed E-state index contributed by atoms with van der Waals surface area (Å²) in [5, 5.41) is 0. The van der Waals surface area contributed by atoms with E-state index in [2.05, 4.69) is 91.0 Å². The highest BCUT2D eigenvalue weighted by Gasteiger charge is 2.04. The molecular weight excluding hydrogens is 352 g/mol. The molecule has 0 aliphatic rings. The Morgan fingerprint density at radius 1 is 0.586 bits per heavy atom. The first-order valence-electron chi connectivity index (χ1n) is 9.68. The largest absolute Gasteiger partial charge is 0.399 e. The Morgan fingerprint density at radius 2 is 1.03 bits per heavy atom. The molecule has 0 bridgehead atoms. The van der Waals surface area contributed by atoms with Crippen molar-refractivity contribution < 1.29 is 0 Å². The van der Waals surface area contributed by atoms with Gasteiger partial charge in [0.1, 0.15) is 0 Å². The minimum Gasteiger partial charge on any atom is -0.399 e. The number of nitrogen functional groups attached to an aromatic ring is 1. The first-order valence-corrected chi connectivity index (χ1v) is 9.68. The van der Waals surface area contributed by atoms with E-state index >= 15 is 0 Å². The van der Waals surface area contributed by atoms with Gasteiger partial charge in [0.15, 0.2) is 0 Å². The van der Waals surface area contributed by atoms with E-state index in [1.807, 2.05) is 30.3 Å². The maximum Gasteiger partial charge on any atom is 0.0314 e. The highest BCUT2D eigenvalue weighted by Crippen LogP contribution is 2.25. The molecule has 2 heteroatoms. The van der Waals surface area contributed by atoms with Crippen LogP contribution in [0.4, 0.5) is 5.69 Å². The van der Waals surface area contributed by atoms with Crippen molar-refractivity contribution in [2.75, 3.05) is 5.73 Å². The molecule has 2 nitrogen and oxygen atoms in total. The van der Waals surface area contributed by atoms with Crippen LogP contribution in [0.1, 0.15) is 22.3 Å². The third kappa shape index (κ3) is 6.20. The van der Waals surface area contributed by atoms with E-state index in [0.29, 0.717) is 6.54 Å². The lowest BCUT2D eigenvalue weighted by Gasteiger charge is -2.08. The second kappa shape index (κ2) is 10.6. The summed E-state index contributed by atoms with van der Waals surface area (Å²) in [7, 11) is 0. The highest BCUT2D eigenvalue weighted by atomic mass is 14.5. The SMILES string of the molecule is C(=C(c1ccccc1)c1ccccc1)c1ccccc1.NCc1ccc(N)cc1. The van der Waals surface area contributed by atoms with Crippen LogP contribution in [-0.2, 0) is 6.54 Å². The van der Waals surface area contributed by atoms with Crippen molar-refractivity contribution in [2.45, 2.75) is 6.54 Å². The molecule has 4 aromatic rings. The first-order chi connectivity index (χ1) is 14.3. The van der Waals surface area contributed by atoms with Gasteiger partial charge in [-0.1, -0.05) is 103 Å². The fraction of sp³-hybridized carbons (Fsp3) is 0.0370. The summed E-state index contributed by atoms with van der Waals surface area (Å²) in [6.45, 7) is 0.584. The van der Waals surface area contributed by atoms with E-state index in [9.17, 15) is 0 Å². The van der Waals surface area contributed by atoms with Crippen molar-refractivity contribution in [3.05, 3.63) is 138 Å². The zero-order valence-electron chi connectivity index (χ0n) is 16.4. The third-order valence-corrected chi connectivity index (χ3v) is 4.50. The number of anilines is 1. The normalized spacial score (nSPS) is 9.83. The molecule has 0 aliphatic heterocycles. The average molecular weight is 379 g/mol. The molecule has 4 aromatic carbocycles. The van der Waals surface area contributed by atoms with Gasteiger partial charge in [-0.3, -0.25) is 0 Å². The molecule has 4 rings (SSSR count). The molecular formula is C27H26N2. The topological polar surface area (TPSA) is 52.0 Å². The van der Waals surface area contributed by atoms with Gasteiger partial charge in [-0.2, -0.15) is 0 Å². The third-order valence-electron chi connectivity index (χ3n) is 4.50. The van der Waals surface area contributed by atoms with E-state index in [1.165, 1.54) is 22.3 Å². The van der Waals surface area contributed by atoms with Crippen LogP contribution in [0.5, 0.6) is 0 Å². The van der Waals surface area contributed by atoms with Gasteiger partial charge in [0.25, 0.3) is 0 Å². The predicted octanol–water partition coefficient (Wildman–Crippen LogP) is 6.00. The van der Waals surface area contributed by atoms with Crippen LogP contribution in [0.15, 0.2) is 115 Å². The van der Waals surface area contributed by atoms with Gasteiger partial charge in [-0.15, -0.1) is 0 Å².